The van der Waals surface area contributed by atoms with Crippen molar-refractivity contribution >= 4 is 40.2 Å². The van der Waals surface area contributed by atoms with E-state index in [9.17, 15) is 14.9 Å². The van der Waals surface area contributed by atoms with Crippen molar-refractivity contribution in [2.24, 2.45) is 0 Å². The molecule has 0 saturated heterocycles. The van der Waals surface area contributed by atoms with Gasteiger partial charge in [0.15, 0.2) is 0 Å². The van der Waals surface area contributed by atoms with Gasteiger partial charge in [0.05, 0.1) is 10.6 Å². The number of thiazole rings is 1. The molecule has 0 unspecified atom stereocenters. The van der Waals surface area contributed by atoms with Crippen LogP contribution in [0.4, 0.5) is 11.4 Å². The topological polar surface area (TPSA) is 94.4 Å². The predicted molar refractivity (Wildman–Crippen MR) is 104 cm³/mol. The molecule has 0 radical (unpaired) electrons. The molecule has 138 valence electrons. The first kappa shape index (κ1) is 18.8. The number of non-ortho nitro benzene ring substituents is 1. The maximum atomic E-state index is 12.4. The SMILES string of the molecule is Cc1ccc([N+](=O)[O-])cc1NC(=O)c1csc(COc2ccc(Cl)cc2)n1. The summed E-state index contributed by atoms with van der Waals surface area (Å²) in [6.07, 6.45) is 0. The number of aryl methyl sites for hydroxylation is 1. The van der Waals surface area contributed by atoms with Crippen molar-refractivity contribution in [1.29, 1.82) is 0 Å². The first-order valence-corrected chi connectivity index (χ1v) is 9.07. The molecule has 0 saturated carbocycles. The van der Waals surface area contributed by atoms with Crippen LogP contribution in [-0.4, -0.2) is 15.8 Å². The quantitative estimate of drug-likeness (QED) is 0.469. The van der Waals surface area contributed by atoms with Gasteiger partial charge in [-0.1, -0.05) is 17.7 Å². The lowest BCUT2D eigenvalue weighted by atomic mass is 10.2. The van der Waals surface area contributed by atoms with Gasteiger partial charge in [-0.25, -0.2) is 4.98 Å². The van der Waals surface area contributed by atoms with E-state index in [4.69, 9.17) is 16.3 Å². The number of hydrogen-bond donors (Lipinski definition) is 1. The lowest BCUT2D eigenvalue weighted by Gasteiger charge is -2.06. The highest BCUT2D eigenvalue weighted by atomic mass is 35.5. The number of carbonyl (C=O) groups is 1. The Balaban J connectivity index is 1.65. The Morgan fingerprint density at radius 2 is 2.04 bits per heavy atom. The van der Waals surface area contributed by atoms with E-state index >= 15 is 0 Å². The largest absolute Gasteiger partial charge is 0.486 e. The molecule has 27 heavy (non-hydrogen) atoms. The number of rotatable bonds is 6. The van der Waals surface area contributed by atoms with Crippen LogP contribution < -0.4 is 10.1 Å². The van der Waals surface area contributed by atoms with Gasteiger partial charge in [-0.2, -0.15) is 0 Å². The fraction of sp³-hybridized carbons (Fsp3) is 0.111. The number of hydrogen-bond acceptors (Lipinski definition) is 6. The summed E-state index contributed by atoms with van der Waals surface area (Å²) < 4.78 is 5.60. The number of nitrogens with one attached hydrogen (secondary N) is 1. The van der Waals surface area contributed by atoms with Crippen molar-refractivity contribution < 1.29 is 14.5 Å². The smallest absolute Gasteiger partial charge is 0.275 e. The summed E-state index contributed by atoms with van der Waals surface area (Å²) in [4.78, 5) is 27.0. The van der Waals surface area contributed by atoms with E-state index in [2.05, 4.69) is 10.3 Å². The van der Waals surface area contributed by atoms with Crippen molar-refractivity contribution in [2.45, 2.75) is 13.5 Å². The van der Waals surface area contributed by atoms with Gasteiger partial charge in [0.2, 0.25) is 0 Å². The van der Waals surface area contributed by atoms with Gasteiger partial charge in [0, 0.05) is 22.5 Å². The second kappa shape index (κ2) is 8.15. The normalized spacial score (nSPS) is 10.4. The van der Waals surface area contributed by atoms with Crippen LogP contribution in [0.2, 0.25) is 5.02 Å². The average Bonchev–Trinajstić information content (AvgIpc) is 3.12. The molecule has 0 aliphatic heterocycles. The van der Waals surface area contributed by atoms with Crippen molar-refractivity contribution in [3.05, 3.63) is 79.2 Å². The maximum absolute atomic E-state index is 12.4. The maximum Gasteiger partial charge on any atom is 0.275 e. The third kappa shape index (κ3) is 4.81. The Hall–Kier alpha value is -2.97. The van der Waals surface area contributed by atoms with Crippen LogP contribution in [0.15, 0.2) is 47.8 Å². The van der Waals surface area contributed by atoms with Crippen LogP contribution in [0.3, 0.4) is 0 Å². The summed E-state index contributed by atoms with van der Waals surface area (Å²) >= 11 is 7.12. The Kier molecular flexibility index (Phi) is 5.68. The van der Waals surface area contributed by atoms with Gasteiger partial charge in [0.1, 0.15) is 23.1 Å². The van der Waals surface area contributed by atoms with Crippen LogP contribution in [0.1, 0.15) is 21.1 Å². The number of benzene rings is 2. The molecule has 3 rings (SSSR count). The van der Waals surface area contributed by atoms with Crippen molar-refractivity contribution in [2.75, 3.05) is 5.32 Å². The second-order valence-electron chi connectivity index (χ2n) is 5.58. The molecule has 1 aromatic heterocycles. The summed E-state index contributed by atoms with van der Waals surface area (Å²) in [5.41, 5.74) is 1.23. The number of nitrogens with zero attached hydrogens (tertiary/aromatic N) is 2. The number of carbonyl (C=O) groups excluding carboxylic acids is 1. The van der Waals surface area contributed by atoms with E-state index in [-0.39, 0.29) is 18.0 Å². The molecule has 9 heteroatoms. The number of ether oxygens (including phenoxy) is 1. The van der Waals surface area contributed by atoms with Crippen molar-refractivity contribution in [3.63, 3.8) is 0 Å². The summed E-state index contributed by atoms with van der Waals surface area (Å²) in [6.45, 7) is 1.97. The molecule has 3 aromatic rings. The molecule has 0 aliphatic carbocycles. The van der Waals surface area contributed by atoms with Gasteiger partial charge in [0.25, 0.3) is 11.6 Å². The first-order valence-electron chi connectivity index (χ1n) is 7.81. The Labute approximate surface area is 163 Å². The molecule has 0 spiro atoms. The third-order valence-corrected chi connectivity index (χ3v) is 4.71. The fourth-order valence-corrected chi connectivity index (χ4v) is 3.01. The zero-order chi connectivity index (χ0) is 19.4. The van der Waals surface area contributed by atoms with Crippen LogP contribution in [-0.2, 0) is 6.61 Å². The second-order valence-corrected chi connectivity index (χ2v) is 6.96. The molecule has 1 amide bonds. The number of nitro benzene ring substituents is 1. The van der Waals surface area contributed by atoms with Crippen LogP contribution >= 0.6 is 22.9 Å². The van der Waals surface area contributed by atoms with E-state index in [1.807, 2.05) is 0 Å². The Bertz CT molecular complexity index is 989. The van der Waals surface area contributed by atoms with Gasteiger partial charge in [-0.3, -0.25) is 14.9 Å². The van der Waals surface area contributed by atoms with Gasteiger partial charge < -0.3 is 10.1 Å². The lowest BCUT2D eigenvalue weighted by Crippen LogP contribution is -2.13. The van der Waals surface area contributed by atoms with Crippen molar-refractivity contribution in [3.8, 4) is 5.75 Å². The molecule has 0 fully saturated rings. The molecule has 0 bridgehead atoms. The summed E-state index contributed by atoms with van der Waals surface area (Å²) in [5.74, 6) is 0.209. The van der Waals surface area contributed by atoms with Crippen LogP contribution in [0.5, 0.6) is 5.75 Å². The highest BCUT2D eigenvalue weighted by Gasteiger charge is 2.15. The Morgan fingerprint density at radius 3 is 2.74 bits per heavy atom. The molecule has 0 aliphatic rings. The van der Waals surface area contributed by atoms with E-state index < -0.39 is 10.8 Å². The van der Waals surface area contributed by atoms with Gasteiger partial charge in [-0.15, -0.1) is 11.3 Å². The van der Waals surface area contributed by atoms with E-state index in [0.29, 0.717) is 21.5 Å². The number of nitro groups is 1. The molecular weight excluding hydrogens is 390 g/mol. The van der Waals surface area contributed by atoms with Gasteiger partial charge in [-0.05, 0) is 36.8 Å². The average molecular weight is 404 g/mol. The summed E-state index contributed by atoms with van der Waals surface area (Å²) in [7, 11) is 0. The minimum atomic E-state index is -0.510. The minimum Gasteiger partial charge on any atom is -0.486 e. The standard InChI is InChI=1S/C18H14ClN3O4S/c1-11-2-5-13(22(24)25)8-15(11)21-18(23)16-10-27-17(20-16)9-26-14-6-3-12(19)4-7-14/h2-8,10H,9H2,1H3,(H,21,23). The molecule has 1 N–H and O–H groups in total. The number of halogens is 1. The first-order chi connectivity index (χ1) is 12.9. The van der Waals surface area contributed by atoms with Crippen molar-refractivity contribution in [1.82, 2.24) is 4.98 Å². The molecule has 0 atom stereocenters. The number of amides is 1. The van der Waals surface area contributed by atoms with E-state index in [0.717, 1.165) is 5.56 Å². The minimum absolute atomic E-state index is 0.0915. The molecule has 2 aromatic carbocycles. The highest BCUT2D eigenvalue weighted by molar-refractivity contribution is 7.09. The highest BCUT2D eigenvalue weighted by Crippen LogP contribution is 2.23. The summed E-state index contributed by atoms with van der Waals surface area (Å²) in [6, 6.07) is 11.2. The Morgan fingerprint density at radius 1 is 1.30 bits per heavy atom. The summed E-state index contributed by atoms with van der Waals surface area (Å²) in [5, 5.41) is 16.4. The lowest BCUT2D eigenvalue weighted by molar-refractivity contribution is -0.384. The van der Waals surface area contributed by atoms with Gasteiger partial charge >= 0.3 is 0 Å². The predicted octanol–water partition coefficient (Wildman–Crippen LogP) is 4.84. The zero-order valence-corrected chi connectivity index (χ0v) is 15.7. The monoisotopic (exact) mass is 403 g/mol. The van der Waals surface area contributed by atoms with Crippen LogP contribution in [0.25, 0.3) is 0 Å². The number of aromatic nitrogens is 1. The molecular formula is C18H14ClN3O4S. The van der Waals surface area contributed by atoms with E-state index in [1.165, 1.54) is 23.5 Å². The van der Waals surface area contributed by atoms with E-state index in [1.54, 1.807) is 42.6 Å². The molecule has 7 nitrogen and oxygen atoms in total. The zero-order valence-electron chi connectivity index (χ0n) is 14.1. The fourth-order valence-electron chi connectivity index (χ4n) is 2.20. The number of anilines is 1. The third-order valence-electron chi connectivity index (χ3n) is 3.64. The van der Waals surface area contributed by atoms with Crippen LogP contribution in [0, 0.1) is 17.0 Å². The molecule has 1 heterocycles.